The molecule has 0 bridgehead atoms. The SMILES string of the molecule is CC(=O)c1cccc(NC(=O)[C@H](C)OC(=O)Cc2ccc(C)c(C)c2)c1. The van der Waals surface area contributed by atoms with Crippen LogP contribution in [0.5, 0.6) is 0 Å². The van der Waals surface area contributed by atoms with Crippen molar-refractivity contribution in [1.29, 1.82) is 0 Å². The molecule has 2 rings (SSSR count). The molecule has 1 atom stereocenters. The quantitative estimate of drug-likeness (QED) is 0.636. The van der Waals surface area contributed by atoms with Crippen LogP contribution in [0.15, 0.2) is 42.5 Å². The Morgan fingerprint density at radius 1 is 1.04 bits per heavy atom. The smallest absolute Gasteiger partial charge is 0.311 e. The summed E-state index contributed by atoms with van der Waals surface area (Å²) in [5, 5.41) is 2.65. The molecule has 136 valence electrons. The van der Waals surface area contributed by atoms with Crippen molar-refractivity contribution in [2.24, 2.45) is 0 Å². The molecule has 1 amide bonds. The minimum atomic E-state index is -0.935. The van der Waals surface area contributed by atoms with Crippen molar-refractivity contribution in [3.05, 3.63) is 64.7 Å². The summed E-state index contributed by atoms with van der Waals surface area (Å²) in [6, 6.07) is 12.4. The van der Waals surface area contributed by atoms with Crippen LogP contribution in [0.4, 0.5) is 5.69 Å². The molecule has 0 radical (unpaired) electrons. The summed E-state index contributed by atoms with van der Waals surface area (Å²) in [6.07, 6.45) is -0.825. The molecule has 0 heterocycles. The number of carbonyl (C=O) groups is 3. The van der Waals surface area contributed by atoms with E-state index in [4.69, 9.17) is 4.74 Å². The first-order valence-electron chi connectivity index (χ1n) is 8.43. The van der Waals surface area contributed by atoms with Gasteiger partial charge in [0, 0.05) is 11.3 Å². The first-order valence-corrected chi connectivity index (χ1v) is 8.43. The zero-order valence-corrected chi connectivity index (χ0v) is 15.5. The first-order chi connectivity index (χ1) is 12.3. The highest BCUT2D eigenvalue weighted by molar-refractivity contribution is 5.98. The first kappa shape index (κ1) is 19.4. The molecule has 0 spiro atoms. The van der Waals surface area contributed by atoms with Crippen molar-refractivity contribution >= 4 is 23.3 Å². The Labute approximate surface area is 153 Å². The Balaban J connectivity index is 1.93. The summed E-state index contributed by atoms with van der Waals surface area (Å²) < 4.78 is 5.22. The van der Waals surface area contributed by atoms with E-state index >= 15 is 0 Å². The molecule has 5 nitrogen and oxygen atoms in total. The van der Waals surface area contributed by atoms with E-state index in [0.29, 0.717) is 11.3 Å². The number of aryl methyl sites for hydroxylation is 2. The molecule has 0 fully saturated rings. The molecule has 26 heavy (non-hydrogen) atoms. The van der Waals surface area contributed by atoms with Gasteiger partial charge in [0.2, 0.25) is 0 Å². The largest absolute Gasteiger partial charge is 0.452 e. The van der Waals surface area contributed by atoms with E-state index in [1.165, 1.54) is 13.8 Å². The number of hydrogen-bond donors (Lipinski definition) is 1. The third kappa shape index (κ3) is 5.28. The molecule has 0 aliphatic rings. The fourth-order valence-electron chi connectivity index (χ4n) is 2.43. The van der Waals surface area contributed by atoms with Gasteiger partial charge in [0.1, 0.15) is 0 Å². The molecule has 0 aliphatic carbocycles. The summed E-state index contributed by atoms with van der Waals surface area (Å²) >= 11 is 0. The average molecular weight is 353 g/mol. The maximum atomic E-state index is 12.2. The second-order valence-electron chi connectivity index (χ2n) is 6.35. The summed E-state index contributed by atoms with van der Waals surface area (Å²) in [5.74, 6) is -0.999. The highest BCUT2D eigenvalue weighted by atomic mass is 16.5. The van der Waals surface area contributed by atoms with Crippen LogP contribution < -0.4 is 5.32 Å². The van der Waals surface area contributed by atoms with Crippen LogP contribution in [0.25, 0.3) is 0 Å². The molecule has 1 N–H and O–H groups in total. The van der Waals surface area contributed by atoms with Gasteiger partial charge >= 0.3 is 5.97 Å². The number of hydrogen-bond acceptors (Lipinski definition) is 4. The van der Waals surface area contributed by atoms with Gasteiger partial charge in [-0.3, -0.25) is 14.4 Å². The summed E-state index contributed by atoms with van der Waals surface area (Å²) in [4.78, 5) is 35.7. The second-order valence-corrected chi connectivity index (χ2v) is 6.35. The van der Waals surface area contributed by atoms with Gasteiger partial charge in [0.15, 0.2) is 11.9 Å². The van der Waals surface area contributed by atoms with E-state index in [2.05, 4.69) is 5.32 Å². The maximum absolute atomic E-state index is 12.2. The Morgan fingerprint density at radius 3 is 2.42 bits per heavy atom. The van der Waals surface area contributed by atoms with E-state index < -0.39 is 18.0 Å². The van der Waals surface area contributed by atoms with Crippen molar-refractivity contribution in [1.82, 2.24) is 0 Å². The van der Waals surface area contributed by atoms with Crippen LogP contribution in [0.3, 0.4) is 0 Å². The van der Waals surface area contributed by atoms with E-state index in [1.807, 2.05) is 32.0 Å². The molecular formula is C21H23NO4. The van der Waals surface area contributed by atoms with Crippen LogP contribution >= 0.6 is 0 Å². The fourth-order valence-corrected chi connectivity index (χ4v) is 2.43. The number of rotatable bonds is 6. The van der Waals surface area contributed by atoms with Crippen LogP contribution in [0, 0.1) is 13.8 Å². The topological polar surface area (TPSA) is 72.5 Å². The third-order valence-corrected chi connectivity index (χ3v) is 4.13. The van der Waals surface area contributed by atoms with Gasteiger partial charge < -0.3 is 10.1 Å². The van der Waals surface area contributed by atoms with Crippen LogP contribution in [-0.4, -0.2) is 23.8 Å². The van der Waals surface area contributed by atoms with Gasteiger partial charge in [-0.05, 0) is 56.5 Å². The number of ether oxygens (including phenoxy) is 1. The molecule has 0 unspecified atom stereocenters. The van der Waals surface area contributed by atoms with Crippen molar-refractivity contribution in [2.75, 3.05) is 5.32 Å². The zero-order valence-electron chi connectivity index (χ0n) is 15.5. The van der Waals surface area contributed by atoms with E-state index in [9.17, 15) is 14.4 Å². The lowest BCUT2D eigenvalue weighted by atomic mass is 10.0. The van der Waals surface area contributed by atoms with E-state index in [0.717, 1.165) is 16.7 Å². The second kappa shape index (κ2) is 8.43. The fraction of sp³-hybridized carbons (Fsp3) is 0.286. The number of anilines is 1. The highest BCUT2D eigenvalue weighted by Crippen LogP contribution is 2.13. The highest BCUT2D eigenvalue weighted by Gasteiger charge is 2.18. The van der Waals surface area contributed by atoms with Gasteiger partial charge in [0.25, 0.3) is 5.91 Å². The lowest BCUT2D eigenvalue weighted by Crippen LogP contribution is -2.30. The standard InChI is InChI=1S/C21H23NO4/c1-13-8-9-17(10-14(13)2)11-20(24)26-16(4)21(25)22-19-7-5-6-18(12-19)15(3)23/h5-10,12,16H,11H2,1-4H3,(H,22,25)/t16-/m0/s1. The molecular weight excluding hydrogens is 330 g/mol. The Kier molecular flexibility index (Phi) is 6.28. The number of benzene rings is 2. The Bertz CT molecular complexity index is 842. The lowest BCUT2D eigenvalue weighted by Gasteiger charge is -2.14. The van der Waals surface area contributed by atoms with Gasteiger partial charge in [-0.15, -0.1) is 0 Å². The number of amides is 1. The van der Waals surface area contributed by atoms with E-state index in [-0.39, 0.29) is 12.2 Å². The molecule has 5 heteroatoms. The van der Waals surface area contributed by atoms with Crippen molar-refractivity contribution < 1.29 is 19.1 Å². The van der Waals surface area contributed by atoms with Gasteiger partial charge in [-0.2, -0.15) is 0 Å². The zero-order chi connectivity index (χ0) is 19.3. The molecule has 0 aliphatic heterocycles. The van der Waals surface area contributed by atoms with E-state index in [1.54, 1.807) is 24.3 Å². The predicted molar refractivity (Wildman–Crippen MR) is 100 cm³/mol. The molecule has 0 saturated heterocycles. The summed E-state index contributed by atoms with van der Waals surface area (Å²) in [5.41, 5.74) is 4.09. The average Bonchev–Trinajstić information content (AvgIpc) is 2.58. The van der Waals surface area contributed by atoms with Crippen LogP contribution in [-0.2, 0) is 20.7 Å². The minimum Gasteiger partial charge on any atom is -0.452 e. The van der Waals surface area contributed by atoms with Crippen LogP contribution in [0.1, 0.15) is 40.9 Å². The molecule has 0 aromatic heterocycles. The third-order valence-electron chi connectivity index (χ3n) is 4.13. The van der Waals surface area contributed by atoms with Crippen molar-refractivity contribution in [3.63, 3.8) is 0 Å². The molecule has 0 saturated carbocycles. The van der Waals surface area contributed by atoms with Crippen molar-refractivity contribution in [2.45, 2.75) is 40.2 Å². The van der Waals surface area contributed by atoms with Gasteiger partial charge in [0.05, 0.1) is 6.42 Å². The summed E-state index contributed by atoms with van der Waals surface area (Å²) in [6.45, 7) is 6.96. The number of carbonyl (C=O) groups excluding carboxylic acids is 3. The van der Waals surface area contributed by atoms with Crippen LogP contribution in [0.2, 0.25) is 0 Å². The molecule has 2 aromatic carbocycles. The van der Waals surface area contributed by atoms with Crippen molar-refractivity contribution in [3.8, 4) is 0 Å². The Morgan fingerprint density at radius 2 is 1.77 bits per heavy atom. The molecule has 2 aromatic rings. The van der Waals surface area contributed by atoms with Gasteiger partial charge in [-0.25, -0.2) is 0 Å². The predicted octanol–water partition coefficient (Wildman–Crippen LogP) is 3.62. The Hall–Kier alpha value is -2.95. The van der Waals surface area contributed by atoms with Gasteiger partial charge in [-0.1, -0.05) is 30.3 Å². The lowest BCUT2D eigenvalue weighted by molar-refractivity contribution is -0.152. The monoisotopic (exact) mass is 353 g/mol. The number of ketones is 1. The normalized spacial score (nSPS) is 11.5. The minimum absolute atomic E-state index is 0.0889. The maximum Gasteiger partial charge on any atom is 0.311 e. The number of esters is 1. The number of Topliss-reactive ketones (excluding diaryl/α,β-unsaturated/α-hetero) is 1. The number of nitrogens with one attached hydrogen (secondary N) is 1. The summed E-state index contributed by atoms with van der Waals surface area (Å²) in [7, 11) is 0.